The molecule has 0 radical (unpaired) electrons. The summed E-state index contributed by atoms with van der Waals surface area (Å²) in [6, 6.07) is 4.27. The molecule has 0 unspecified atom stereocenters. The van der Waals surface area contributed by atoms with Gasteiger partial charge < -0.3 is 0 Å². The van der Waals surface area contributed by atoms with E-state index in [9.17, 15) is 0 Å². The minimum Gasteiger partial charge on any atom is -0.143 e. The fraction of sp³-hybridized carbons (Fsp3) is 0.571. The lowest BCUT2D eigenvalue weighted by Crippen LogP contribution is -2.04. The number of halogens is 1. The van der Waals surface area contributed by atoms with Crippen molar-refractivity contribution in [1.82, 2.24) is 0 Å². The van der Waals surface area contributed by atoms with Crippen molar-refractivity contribution in [3.8, 4) is 0 Å². The van der Waals surface area contributed by atoms with Gasteiger partial charge >= 0.3 is 0 Å². The van der Waals surface area contributed by atoms with E-state index in [1.807, 2.05) is 0 Å². The molecule has 0 aliphatic heterocycles. The van der Waals surface area contributed by atoms with Gasteiger partial charge in [-0.25, -0.2) is 0 Å². The molecule has 0 heterocycles. The number of rotatable bonds is 4. The molecular weight excluding hydrogens is 308 g/mol. The largest absolute Gasteiger partial charge is 0.143 e. The van der Waals surface area contributed by atoms with Crippen LogP contribution in [0.5, 0.6) is 0 Å². The van der Waals surface area contributed by atoms with E-state index in [2.05, 4.69) is 72.3 Å². The summed E-state index contributed by atoms with van der Waals surface area (Å²) in [7, 11) is 0. The second-order valence-electron chi connectivity index (χ2n) is 5.17. The Kier molecular flexibility index (Phi) is 5.86. The first-order chi connectivity index (χ1) is 8.37. The molecule has 0 N–H and O–H groups in total. The van der Waals surface area contributed by atoms with Crippen molar-refractivity contribution in [1.29, 1.82) is 0 Å². The maximum atomic E-state index is 4.44. The zero-order valence-electron chi connectivity index (χ0n) is 11.7. The van der Waals surface area contributed by atoms with Crippen LogP contribution in [0.1, 0.15) is 45.7 Å². The van der Waals surface area contributed by atoms with Crippen molar-refractivity contribution in [2.24, 2.45) is 9.63 Å². The molecule has 1 aromatic carbocycles. The molecule has 0 amide bonds. The fourth-order valence-electron chi connectivity index (χ4n) is 1.57. The normalized spacial score (nSPS) is 12.3. The summed E-state index contributed by atoms with van der Waals surface area (Å²) >= 11 is 5.07. The minimum absolute atomic E-state index is 0.109. The molecule has 0 saturated heterocycles. The maximum Gasteiger partial charge on any atom is 0.0927 e. The zero-order valence-corrected chi connectivity index (χ0v) is 14.2. The SMILES string of the molecule is CCc1cc(Br)cc(CC)c1N=NSC(C)(C)C. The second kappa shape index (κ2) is 6.71. The summed E-state index contributed by atoms with van der Waals surface area (Å²) in [6.07, 6.45) is 1.95. The summed E-state index contributed by atoms with van der Waals surface area (Å²) in [5.74, 6) is 0. The lowest BCUT2D eigenvalue weighted by atomic mass is 10.0. The molecule has 1 rings (SSSR count). The van der Waals surface area contributed by atoms with Gasteiger partial charge in [-0.3, -0.25) is 0 Å². The molecule has 0 fully saturated rings. The lowest BCUT2D eigenvalue weighted by Gasteiger charge is -2.12. The predicted octanol–water partition coefficient (Wildman–Crippen LogP) is 6.10. The molecule has 0 aromatic heterocycles. The van der Waals surface area contributed by atoms with Crippen molar-refractivity contribution >= 4 is 33.6 Å². The summed E-state index contributed by atoms with van der Waals surface area (Å²) in [4.78, 5) is 0. The molecule has 100 valence electrons. The van der Waals surface area contributed by atoms with Crippen LogP contribution in [0.4, 0.5) is 5.69 Å². The molecule has 4 heteroatoms. The third-order valence-electron chi connectivity index (χ3n) is 2.45. The third-order valence-corrected chi connectivity index (χ3v) is 3.62. The van der Waals surface area contributed by atoms with E-state index in [0.29, 0.717) is 0 Å². The first-order valence-electron chi connectivity index (χ1n) is 6.28. The highest BCUT2D eigenvalue weighted by Gasteiger charge is 2.11. The molecule has 0 atom stereocenters. The van der Waals surface area contributed by atoms with E-state index in [1.165, 1.54) is 23.1 Å². The van der Waals surface area contributed by atoms with Gasteiger partial charge in [0, 0.05) is 21.2 Å². The van der Waals surface area contributed by atoms with E-state index in [4.69, 9.17) is 0 Å². The topological polar surface area (TPSA) is 24.7 Å². The van der Waals surface area contributed by atoms with Crippen molar-refractivity contribution in [3.63, 3.8) is 0 Å². The number of aryl methyl sites for hydroxylation is 2. The average Bonchev–Trinajstić information content (AvgIpc) is 2.28. The van der Waals surface area contributed by atoms with Gasteiger partial charge in [0.05, 0.1) is 5.69 Å². The van der Waals surface area contributed by atoms with Crippen LogP contribution in [0, 0.1) is 0 Å². The average molecular weight is 329 g/mol. The summed E-state index contributed by atoms with van der Waals surface area (Å²) in [5.41, 5.74) is 3.54. The highest BCUT2D eigenvalue weighted by molar-refractivity contribution is 9.10. The van der Waals surface area contributed by atoms with Crippen LogP contribution >= 0.6 is 27.9 Å². The van der Waals surface area contributed by atoms with Gasteiger partial charge in [0.2, 0.25) is 0 Å². The van der Waals surface area contributed by atoms with E-state index in [0.717, 1.165) is 23.0 Å². The van der Waals surface area contributed by atoms with Crippen LogP contribution < -0.4 is 0 Å². The van der Waals surface area contributed by atoms with Gasteiger partial charge in [0.15, 0.2) is 0 Å². The molecule has 18 heavy (non-hydrogen) atoms. The van der Waals surface area contributed by atoms with Crippen LogP contribution in [0.25, 0.3) is 0 Å². The standard InChI is InChI=1S/C14H21BrN2S/c1-6-10-8-12(15)9-11(7-2)13(10)16-17-18-14(3,4)5/h8-9H,6-7H2,1-5H3. The zero-order chi connectivity index (χ0) is 13.8. The highest BCUT2D eigenvalue weighted by atomic mass is 79.9. The first kappa shape index (κ1) is 15.7. The van der Waals surface area contributed by atoms with Crippen LogP contribution in [0.3, 0.4) is 0 Å². The van der Waals surface area contributed by atoms with Crippen molar-refractivity contribution in [2.45, 2.75) is 52.2 Å². The monoisotopic (exact) mass is 328 g/mol. The van der Waals surface area contributed by atoms with Crippen molar-refractivity contribution in [3.05, 3.63) is 27.7 Å². The molecule has 0 aliphatic rings. The Hall–Kier alpha value is -0.350. The number of nitrogens with zero attached hydrogens (tertiary/aromatic N) is 2. The molecule has 0 spiro atoms. The maximum absolute atomic E-state index is 4.44. The minimum atomic E-state index is 0.109. The molecule has 0 saturated carbocycles. The van der Waals surface area contributed by atoms with E-state index >= 15 is 0 Å². The Morgan fingerprint density at radius 2 is 1.61 bits per heavy atom. The Morgan fingerprint density at radius 1 is 1.11 bits per heavy atom. The Balaban J connectivity index is 3.06. The Morgan fingerprint density at radius 3 is 2.00 bits per heavy atom. The molecular formula is C14H21BrN2S. The smallest absolute Gasteiger partial charge is 0.0927 e. The molecule has 0 aliphatic carbocycles. The Labute approximate surface area is 123 Å². The summed E-state index contributed by atoms with van der Waals surface area (Å²) in [5, 5.41) is 4.44. The van der Waals surface area contributed by atoms with Gasteiger partial charge in [-0.05, 0) is 56.9 Å². The number of benzene rings is 1. The quantitative estimate of drug-likeness (QED) is 0.483. The molecule has 0 bridgehead atoms. The van der Waals surface area contributed by atoms with Crippen LogP contribution in [-0.2, 0) is 12.8 Å². The highest BCUT2D eigenvalue weighted by Crippen LogP contribution is 2.33. The van der Waals surface area contributed by atoms with Crippen LogP contribution in [0.2, 0.25) is 0 Å². The first-order valence-corrected chi connectivity index (χ1v) is 7.84. The van der Waals surface area contributed by atoms with Crippen molar-refractivity contribution < 1.29 is 0 Å². The van der Waals surface area contributed by atoms with Gasteiger partial charge in [-0.1, -0.05) is 29.8 Å². The van der Waals surface area contributed by atoms with Gasteiger partial charge in [0.25, 0.3) is 0 Å². The van der Waals surface area contributed by atoms with E-state index in [-0.39, 0.29) is 4.75 Å². The summed E-state index contributed by atoms with van der Waals surface area (Å²) < 4.78 is 5.52. The van der Waals surface area contributed by atoms with Crippen LogP contribution in [0.15, 0.2) is 26.2 Å². The Bertz CT molecular complexity index is 411. The number of hydrogen-bond donors (Lipinski definition) is 0. The molecule has 1 aromatic rings. The van der Waals surface area contributed by atoms with Gasteiger partial charge in [0.1, 0.15) is 0 Å². The number of hydrogen-bond acceptors (Lipinski definition) is 3. The fourth-order valence-corrected chi connectivity index (χ4v) is 2.49. The summed E-state index contributed by atoms with van der Waals surface area (Å²) in [6.45, 7) is 10.7. The van der Waals surface area contributed by atoms with E-state index in [1.54, 1.807) is 0 Å². The van der Waals surface area contributed by atoms with E-state index < -0.39 is 0 Å². The van der Waals surface area contributed by atoms with Gasteiger partial charge in [-0.2, -0.15) is 0 Å². The van der Waals surface area contributed by atoms with Gasteiger partial charge in [-0.15, -0.1) is 9.63 Å². The van der Waals surface area contributed by atoms with Crippen LogP contribution in [-0.4, -0.2) is 4.75 Å². The third kappa shape index (κ3) is 4.73. The lowest BCUT2D eigenvalue weighted by molar-refractivity contribution is 0.802. The second-order valence-corrected chi connectivity index (χ2v) is 7.65. The molecule has 2 nitrogen and oxygen atoms in total. The predicted molar refractivity (Wildman–Crippen MR) is 84.8 cm³/mol. The van der Waals surface area contributed by atoms with Crippen molar-refractivity contribution in [2.75, 3.05) is 0 Å².